The summed E-state index contributed by atoms with van der Waals surface area (Å²) < 4.78 is 8.00. The van der Waals surface area contributed by atoms with Crippen LogP contribution in [0.3, 0.4) is 0 Å². The van der Waals surface area contributed by atoms with Gasteiger partial charge in [0.15, 0.2) is 0 Å². The molecule has 3 aromatic rings. The molecule has 0 saturated heterocycles. The van der Waals surface area contributed by atoms with Crippen molar-refractivity contribution in [3.05, 3.63) is 102 Å². The van der Waals surface area contributed by atoms with Gasteiger partial charge >= 0.3 is 0 Å². The van der Waals surface area contributed by atoms with Crippen LogP contribution in [0.2, 0.25) is 0 Å². The van der Waals surface area contributed by atoms with Crippen LogP contribution in [-0.4, -0.2) is 5.78 Å². The molecule has 0 N–H and O–H groups in total. The zero-order valence-electron chi connectivity index (χ0n) is 14.7. The molecule has 0 radical (unpaired) electrons. The van der Waals surface area contributed by atoms with Crippen LogP contribution < -0.4 is 4.74 Å². The van der Waals surface area contributed by atoms with Crippen molar-refractivity contribution in [3.8, 4) is 11.8 Å². The normalized spacial score (nSPS) is 11.0. The third kappa shape index (κ3) is 5.20. The van der Waals surface area contributed by atoms with E-state index in [0.29, 0.717) is 23.5 Å². The molecule has 0 amide bonds. The lowest BCUT2D eigenvalue weighted by atomic mass is 10.0. The van der Waals surface area contributed by atoms with Gasteiger partial charge in [0.1, 0.15) is 24.0 Å². The van der Waals surface area contributed by atoms with Crippen LogP contribution in [0.25, 0.3) is 6.08 Å². The van der Waals surface area contributed by atoms with Gasteiger partial charge in [-0.2, -0.15) is 5.26 Å². The largest absolute Gasteiger partial charge is 0.487 e. The molecule has 138 valence electrons. The minimum atomic E-state index is -0.300. The Balaban J connectivity index is 1.96. The summed E-state index contributed by atoms with van der Waals surface area (Å²) in [6.07, 6.45) is 1.61. The first kappa shape index (κ1) is 20.6. The van der Waals surface area contributed by atoms with Crippen LogP contribution >= 0.6 is 45.2 Å². The topological polar surface area (TPSA) is 50.1 Å². The Hall–Kier alpha value is -2.18. The summed E-state index contributed by atoms with van der Waals surface area (Å²) in [5.41, 5.74) is 2.33. The summed E-state index contributed by atoms with van der Waals surface area (Å²) in [6, 6.07) is 24.7. The van der Waals surface area contributed by atoms with E-state index >= 15 is 0 Å². The van der Waals surface area contributed by atoms with Crippen LogP contribution in [-0.2, 0) is 6.61 Å². The maximum Gasteiger partial charge on any atom is 0.203 e. The summed E-state index contributed by atoms with van der Waals surface area (Å²) in [5.74, 6) is 0.365. The molecule has 0 aromatic heterocycles. The number of hydrogen-bond donors (Lipinski definition) is 0. The second kappa shape index (κ2) is 9.85. The number of allylic oxidation sites excluding steroid dienone is 1. The number of benzene rings is 3. The first-order valence-corrected chi connectivity index (χ1v) is 10.6. The minimum Gasteiger partial charge on any atom is -0.487 e. The van der Waals surface area contributed by atoms with Crippen LogP contribution in [0, 0.1) is 18.5 Å². The average molecular weight is 591 g/mol. The highest BCUT2D eigenvalue weighted by molar-refractivity contribution is 14.1. The molecule has 28 heavy (non-hydrogen) atoms. The highest BCUT2D eigenvalue weighted by Crippen LogP contribution is 2.31. The van der Waals surface area contributed by atoms with E-state index in [0.717, 1.165) is 12.7 Å². The second-order valence-electron chi connectivity index (χ2n) is 5.95. The maximum atomic E-state index is 12.7. The predicted octanol–water partition coefficient (Wildman–Crippen LogP) is 6.26. The standard InChI is InChI=1S/C23H15I2NO2/c24-20-12-18(11-19(14-26)22(27)17-9-5-2-6-10-17)23(21(25)13-20)28-15-16-7-3-1-4-8-16/h1-13H,15H2/b19-11+. The van der Waals surface area contributed by atoms with Gasteiger partial charge in [-0.1, -0.05) is 60.7 Å². The molecule has 0 bridgehead atoms. The smallest absolute Gasteiger partial charge is 0.203 e. The van der Waals surface area contributed by atoms with Crippen LogP contribution in [0.1, 0.15) is 21.5 Å². The van der Waals surface area contributed by atoms with Gasteiger partial charge in [0.2, 0.25) is 5.78 Å². The zero-order chi connectivity index (χ0) is 19.9. The molecule has 3 aromatic carbocycles. The van der Waals surface area contributed by atoms with Gasteiger partial charge in [-0.15, -0.1) is 0 Å². The van der Waals surface area contributed by atoms with Crippen molar-refractivity contribution >= 4 is 57.0 Å². The molecule has 0 heterocycles. The maximum absolute atomic E-state index is 12.7. The van der Waals surface area contributed by atoms with E-state index in [-0.39, 0.29) is 11.4 Å². The van der Waals surface area contributed by atoms with Crippen LogP contribution in [0.15, 0.2) is 78.4 Å². The lowest BCUT2D eigenvalue weighted by Gasteiger charge is -2.13. The Labute approximate surface area is 191 Å². The summed E-state index contributed by atoms with van der Waals surface area (Å²) in [7, 11) is 0. The first-order valence-electron chi connectivity index (χ1n) is 8.46. The Kier molecular flexibility index (Phi) is 7.23. The Morgan fingerprint density at radius 1 is 1.00 bits per heavy atom. The summed E-state index contributed by atoms with van der Waals surface area (Å²) >= 11 is 4.43. The van der Waals surface area contributed by atoms with Crippen LogP contribution in [0.4, 0.5) is 0 Å². The fourth-order valence-corrected chi connectivity index (χ4v) is 4.66. The number of hydrogen-bond acceptors (Lipinski definition) is 3. The molecule has 0 aliphatic heterocycles. The number of Topliss-reactive ketones (excluding diaryl/α,β-unsaturated/α-hetero) is 1. The number of nitriles is 1. The highest BCUT2D eigenvalue weighted by Gasteiger charge is 2.15. The van der Waals surface area contributed by atoms with Gasteiger partial charge in [-0.3, -0.25) is 4.79 Å². The van der Waals surface area contributed by atoms with Gasteiger partial charge in [0.25, 0.3) is 0 Å². The predicted molar refractivity (Wildman–Crippen MR) is 127 cm³/mol. The Morgan fingerprint density at radius 3 is 2.29 bits per heavy atom. The van der Waals surface area contributed by atoms with E-state index in [4.69, 9.17) is 4.74 Å². The molecular weight excluding hydrogens is 576 g/mol. The highest BCUT2D eigenvalue weighted by atomic mass is 127. The Bertz CT molecular complexity index is 1060. The molecule has 0 atom stereocenters. The fourth-order valence-electron chi connectivity index (χ4n) is 2.62. The molecule has 5 heteroatoms. The number of carbonyl (C=O) groups excluding carboxylic acids is 1. The molecule has 3 rings (SSSR count). The van der Waals surface area contributed by atoms with Gasteiger partial charge in [0, 0.05) is 14.7 Å². The lowest BCUT2D eigenvalue weighted by molar-refractivity contribution is 0.104. The van der Waals surface area contributed by atoms with Crippen molar-refractivity contribution < 1.29 is 9.53 Å². The Morgan fingerprint density at radius 2 is 1.64 bits per heavy atom. The van der Waals surface area contributed by atoms with Crippen LogP contribution in [0.5, 0.6) is 5.75 Å². The number of ketones is 1. The molecule has 0 aliphatic carbocycles. The minimum absolute atomic E-state index is 0.0774. The third-order valence-electron chi connectivity index (χ3n) is 3.96. The van der Waals surface area contributed by atoms with E-state index in [9.17, 15) is 10.1 Å². The molecule has 3 nitrogen and oxygen atoms in total. The number of rotatable bonds is 6. The quantitative estimate of drug-likeness (QED) is 0.147. The zero-order valence-corrected chi connectivity index (χ0v) is 19.0. The molecular formula is C23H15I2NO2. The first-order chi connectivity index (χ1) is 13.6. The summed E-state index contributed by atoms with van der Waals surface area (Å²) in [5, 5.41) is 9.57. The van der Waals surface area contributed by atoms with Crippen molar-refractivity contribution in [2.45, 2.75) is 6.61 Å². The summed E-state index contributed by atoms with van der Waals surface area (Å²) in [6.45, 7) is 0.410. The number of nitrogens with zero attached hydrogens (tertiary/aromatic N) is 1. The van der Waals surface area contributed by atoms with Crippen molar-refractivity contribution in [2.75, 3.05) is 0 Å². The van der Waals surface area contributed by atoms with E-state index in [1.807, 2.05) is 54.6 Å². The third-order valence-corrected chi connectivity index (χ3v) is 5.39. The van der Waals surface area contributed by atoms with Gasteiger partial charge < -0.3 is 4.74 Å². The SMILES string of the molecule is N#C/C(=C\c1cc(I)cc(I)c1OCc1ccccc1)C(=O)c1ccccc1. The molecule has 0 aliphatic rings. The van der Waals surface area contributed by atoms with E-state index in [2.05, 4.69) is 45.2 Å². The average Bonchev–Trinajstić information content (AvgIpc) is 2.72. The van der Waals surface area contributed by atoms with Gasteiger partial charge in [-0.25, -0.2) is 0 Å². The molecule has 0 unspecified atom stereocenters. The number of carbonyl (C=O) groups is 1. The van der Waals surface area contributed by atoms with E-state index in [1.165, 1.54) is 0 Å². The van der Waals surface area contributed by atoms with Gasteiger partial charge in [-0.05, 0) is 69.0 Å². The fraction of sp³-hybridized carbons (Fsp3) is 0.0435. The second-order valence-corrected chi connectivity index (χ2v) is 8.35. The van der Waals surface area contributed by atoms with Crippen molar-refractivity contribution in [1.29, 1.82) is 5.26 Å². The molecule has 0 saturated carbocycles. The van der Waals surface area contributed by atoms with E-state index in [1.54, 1.807) is 30.3 Å². The number of ether oxygens (including phenoxy) is 1. The van der Waals surface area contributed by atoms with E-state index < -0.39 is 0 Å². The monoisotopic (exact) mass is 591 g/mol. The number of halogens is 2. The lowest BCUT2D eigenvalue weighted by Crippen LogP contribution is -2.03. The van der Waals surface area contributed by atoms with Crippen molar-refractivity contribution in [1.82, 2.24) is 0 Å². The molecule has 0 fully saturated rings. The van der Waals surface area contributed by atoms with Crippen molar-refractivity contribution in [3.63, 3.8) is 0 Å². The summed E-state index contributed by atoms with van der Waals surface area (Å²) in [4.78, 5) is 12.7. The van der Waals surface area contributed by atoms with Gasteiger partial charge in [0.05, 0.1) is 3.57 Å². The van der Waals surface area contributed by atoms with Crippen molar-refractivity contribution in [2.24, 2.45) is 0 Å². The molecule has 0 spiro atoms.